The third-order valence-electron chi connectivity index (χ3n) is 4.50. The molecule has 2 aromatic heterocycles. The number of halogens is 1. The van der Waals surface area contributed by atoms with Gasteiger partial charge in [-0.05, 0) is 50.1 Å². The molecule has 1 N–H and O–H groups in total. The molecular weight excluding hydrogens is 338 g/mol. The van der Waals surface area contributed by atoms with E-state index < -0.39 is 0 Å². The zero-order valence-corrected chi connectivity index (χ0v) is 16.2. The monoisotopic (exact) mass is 363 g/mol. The summed E-state index contributed by atoms with van der Waals surface area (Å²) in [7, 11) is 1.93. The van der Waals surface area contributed by atoms with Crippen LogP contribution in [0.2, 0.25) is 0 Å². The normalized spacial score (nSPS) is 12.6. The molecule has 0 saturated carbocycles. The second-order valence-corrected chi connectivity index (χ2v) is 6.80. The van der Waals surface area contributed by atoms with Gasteiger partial charge in [0, 0.05) is 23.4 Å². The van der Waals surface area contributed by atoms with Gasteiger partial charge in [-0.15, -0.1) is 12.4 Å². The molecule has 0 saturated heterocycles. The van der Waals surface area contributed by atoms with E-state index in [1.54, 1.807) is 6.26 Å². The quantitative estimate of drug-likeness (QED) is 0.702. The van der Waals surface area contributed by atoms with Gasteiger partial charge in [-0.25, -0.2) is 0 Å². The number of nitrogens with zero attached hydrogens (tertiary/aromatic N) is 2. The van der Waals surface area contributed by atoms with E-state index in [2.05, 4.69) is 55.3 Å². The van der Waals surface area contributed by atoms with Crippen LogP contribution in [0.25, 0.3) is 11.0 Å². The van der Waals surface area contributed by atoms with Crippen LogP contribution in [0.1, 0.15) is 55.1 Å². The number of nitrogens with one attached hydrogen (secondary N) is 1. The highest BCUT2D eigenvalue weighted by molar-refractivity contribution is 5.85. The largest absolute Gasteiger partial charge is 0.464 e. The number of hydrogen-bond acceptors (Lipinski definition) is 5. The van der Waals surface area contributed by atoms with E-state index in [4.69, 9.17) is 8.94 Å². The van der Waals surface area contributed by atoms with Crippen LogP contribution in [0.4, 0.5) is 0 Å². The van der Waals surface area contributed by atoms with Gasteiger partial charge < -0.3 is 14.3 Å². The molecule has 5 nitrogen and oxygen atoms in total. The molecule has 0 fully saturated rings. The topological polar surface area (TPSA) is 64.1 Å². The molecule has 0 bridgehead atoms. The molecule has 0 aliphatic rings. The summed E-state index contributed by atoms with van der Waals surface area (Å²) in [5.74, 6) is 1.84. The first-order valence-electron chi connectivity index (χ1n) is 8.47. The minimum Gasteiger partial charge on any atom is -0.464 e. The predicted molar refractivity (Wildman–Crippen MR) is 102 cm³/mol. The molecule has 1 aromatic carbocycles. The van der Waals surface area contributed by atoms with Crippen LogP contribution >= 0.6 is 12.4 Å². The van der Waals surface area contributed by atoms with Crippen molar-refractivity contribution >= 4 is 23.4 Å². The summed E-state index contributed by atoms with van der Waals surface area (Å²) < 4.78 is 11.1. The SMILES string of the molecule is CNC(C)Cc1noc(Cc2coc3cc(C)c(C(C)C)cc23)n1.Cl. The maximum atomic E-state index is 5.73. The van der Waals surface area contributed by atoms with E-state index in [9.17, 15) is 0 Å². The van der Waals surface area contributed by atoms with Crippen molar-refractivity contribution in [3.05, 3.63) is 46.8 Å². The van der Waals surface area contributed by atoms with Crippen molar-refractivity contribution in [3.63, 3.8) is 0 Å². The molecule has 0 spiro atoms. The second kappa shape index (κ2) is 8.02. The van der Waals surface area contributed by atoms with Gasteiger partial charge in [0.05, 0.1) is 12.7 Å². The molecule has 2 heterocycles. The zero-order valence-electron chi connectivity index (χ0n) is 15.4. The van der Waals surface area contributed by atoms with Crippen molar-refractivity contribution < 1.29 is 8.94 Å². The van der Waals surface area contributed by atoms with Gasteiger partial charge in [0.15, 0.2) is 5.82 Å². The van der Waals surface area contributed by atoms with E-state index in [-0.39, 0.29) is 12.4 Å². The van der Waals surface area contributed by atoms with Gasteiger partial charge in [-0.2, -0.15) is 4.98 Å². The molecule has 25 heavy (non-hydrogen) atoms. The molecule has 0 amide bonds. The molecule has 0 aliphatic carbocycles. The molecule has 1 unspecified atom stereocenters. The summed E-state index contributed by atoms with van der Waals surface area (Å²) in [6, 6.07) is 4.66. The highest BCUT2D eigenvalue weighted by Gasteiger charge is 2.15. The van der Waals surface area contributed by atoms with Crippen molar-refractivity contribution in [1.82, 2.24) is 15.5 Å². The fourth-order valence-corrected chi connectivity index (χ4v) is 2.99. The lowest BCUT2D eigenvalue weighted by Gasteiger charge is -2.09. The standard InChI is InChI=1S/C19H25N3O2.ClH/c1-11(2)15-9-16-14(10-23-17(16)6-12(15)3)8-19-21-18(22-24-19)7-13(4)20-5;/h6,9-11,13,20H,7-8H2,1-5H3;1H. The minimum atomic E-state index is 0. The molecule has 0 aliphatic heterocycles. The lowest BCUT2D eigenvalue weighted by atomic mass is 9.95. The maximum absolute atomic E-state index is 5.73. The van der Waals surface area contributed by atoms with Crippen molar-refractivity contribution in [3.8, 4) is 0 Å². The Morgan fingerprint density at radius 1 is 1.20 bits per heavy atom. The predicted octanol–water partition coefficient (Wildman–Crippen LogP) is 4.41. The fourth-order valence-electron chi connectivity index (χ4n) is 2.99. The summed E-state index contributed by atoms with van der Waals surface area (Å²) in [5, 5.41) is 8.38. The highest BCUT2D eigenvalue weighted by Crippen LogP contribution is 2.29. The molecule has 3 aromatic rings. The number of benzene rings is 1. The van der Waals surface area contributed by atoms with E-state index in [0.29, 0.717) is 24.3 Å². The van der Waals surface area contributed by atoms with Gasteiger partial charge in [0.25, 0.3) is 0 Å². The zero-order chi connectivity index (χ0) is 17.3. The van der Waals surface area contributed by atoms with Gasteiger partial charge in [-0.1, -0.05) is 19.0 Å². The summed E-state index contributed by atoms with van der Waals surface area (Å²) in [4.78, 5) is 4.50. The van der Waals surface area contributed by atoms with Gasteiger partial charge >= 0.3 is 0 Å². The Hall–Kier alpha value is -1.85. The number of furan rings is 1. The van der Waals surface area contributed by atoms with E-state index in [1.807, 2.05) is 7.05 Å². The van der Waals surface area contributed by atoms with Crippen molar-refractivity contribution in [2.24, 2.45) is 0 Å². The van der Waals surface area contributed by atoms with E-state index in [1.165, 1.54) is 11.1 Å². The molecular formula is C19H26ClN3O2. The Kier molecular flexibility index (Phi) is 6.25. The maximum Gasteiger partial charge on any atom is 0.231 e. The van der Waals surface area contributed by atoms with Crippen LogP contribution in [0.3, 0.4) is 0 Å². The molecule has 3 rings (SSSR count). The summed E-state index contributed by atoms with van der Waals surface area (Å²) in [6.07, 6.45) is 3.14. The second-order valence-electron chi connectivity index (χ2n) is 6.80. The van der Waals surface area contributed by atoms with E-state index >= 15 is 0 Å². The Labute approximate surface area is 154 Å². The van der Waals surface area contributed by atoms with Crippen LogP contribution in [-0.2, 0) is 12.8 Å². The Bertz CT molecular complexity index is 838. The first-order valence-corrected chi connectivity index (χ1v) is 8.47. The Morgan fingerprint density at radius 2 is 1.96 bits per heavy atom. The summed E-state index contributed by atoms with van der Waals surface area (Å²) in [5.41, 5.74) is 4.61. The number of rotatable bonds is 6. The summed E-state index contributed by atoms with van der Waals surface area (Å²) >= 11 is 0. The average Bonchev–Trinajstić information content (AvgIpc) is 3.13. The number of aryl methyl sites for hydroxylation is 1. The smallest absolute Gasteiger partial charge is 0.231 e. The van der Waals surface area contributed by atoms with Crippen molar-refractivity contribution in [1.29, 1.82) is 0 Å². The Balaban J connectivity index is 0.00000225. The number of hydrogen-bond donors (Lipinski definition) is 1. The average molecular weight is 364 g/mol. The van der Waals surface area contributed by atoms with Crippen LogP contribution in [0.5, 0.6) is 0 Å². The first-order chi connectivity index (χ1) is 11.5. The number of likely N-dealkylation sites (N-methyl/N-ethyl adjacent to an activating group) is 1. The lowest BCUT2D eigenvalue weighted by Crippen LogP contribution is -2.24. The molecule has 1 atom stereocenters. The lowest BCUT2D eigenvalue weighted by molar-refractivity contribution is 0.377. The number of fused-ring (bicyclic) bond motifs is 1. The minimum absolute atomic E-state index is 0. The molecule has 136 valence electrons. The van der Waals surface area contributed by atoms with Crippen molar-refractivity contribution in [2.45, 2.75) is 52.5 Å². The van der Waals surface area contributed by atoms with Crippen molar-refractivity contribution in [2.75, 3.05) is 7.05 Å². The first kappa shape index (κ1) is 19.5. The van der Waals surface area contributed by atoms with Crippen LogP contribution in [-0.4, -0.2) is 23.2 Å². The van der Waals surface area contributed by atoms with E-state index in [0.717, 1.165) is 28.8 Å². The van der Waals surface area contributed by atoms with Crippen LogP contribution < -0.4 is 5.32 Å². The van der Waals surface area contributed by atoms with Gasteiger partial charge in [-0.3, -0.25) is 0 Å². The fraction of sp³-hybridized carbons (Fsp3) is 0.474. The molecule has 0 radical (unpaired) electrons. The third kappa shape index (κ3) is 4.22. The highest BCUT2D eigenvalue weighted by atomic mass is 35.5. The van der Waals surface area contributed by atoms with Crippen LogP contribution in [0.15, 0.2) is 27.3 Å². The molecule has 6 heteroatoms. The van der Waals surface area contributed by atoms with Gasteiger partial charge in [0.1, 0.15) is 5.58 Å². The van der Waals surface area contributed by atoms with Crippen LogP contribution in [0, 0.1) is 6.92 Å². The van der Waals surface area contributed by atoms with Gasteiger partial charge in [0.2, 0.25) is 5.89 Å². The number of aromatic nitrogens is 2. The third-order valence-corrected chi connectivity index (χ3v) is 4.50. The summed E-state index contributed by atoms with van der Waals surface area (Å²) in [6.45, 7) is 8.64. The Morgan fingerprint density at radius 3 is 2.64 bits per heavy atom.